The highest BCUT2D eigenvalue weighted by Crippen LogP contribution is 2.49. The van der Waals surface area contributed by atoms with E-state index in [2.05, 4.69) is 11.9 Å². The molecule has 0 N–H and O–H groups in total. The highest BCUT2D eigenvalue weighted by molar-refractivity contribution is 5.94. The van der Waals surface area contributed by atoms with Crippen molar-refractivity contribution in [3.63, 3.8) is 0 Å². The van der Waals surface area contributed by atoms with Crippen LogP contribution in [0.25, 0.3) is 0 Å². The molecule has 0 amide bonds. The van der Waals surface area contributed by atoms with Gasteiger partial charge in [-0.3, -0.25) is 9.78 Å². The molecule has 0 saturated heterocycles. The van der Waals surface area contributed by atoms with E-state index in [-0.39, 0.29) is 11.2 Å². The Morgan fingerprint density at radius 2 is 1.82 bits per heavy atom. The molecule has 1 aromatic heterocycles. The minimum absolute atomic E-state index is 0.276. The molecule has 1 aliphatic rings. The predicted molar refractivity (Wildman–Crippen MR) is 86.2 cm³/mol. The average Bonchev–Trinajstić information content (AvgIpc) is 3.37. The molecule has 3 nitrogen and oxygen atoms in total. The van der Waals surface area contributed by atoms with Crippen molar-refractivity contribution in [2.24, 2.45) is 0 Å². The molecule has 0 spiro atoms. The van der Waals surface area contributed by atoms with E-state index in [0.29, 0.717) is 6.42 Å². The largest absolute Gasteiger partial charge is 0.497 e. The number of Topliss-reactive ketones (excluding diaryl/α,β-unsaturated/α-hetero) is 1. The van der Waals surface area contributed by atoms with Crippen LogP contribution in [-0.4, -0.2) is 17.9 Å². The standard InChI is InChI=1S/C19H21NO2/c1-3-15-5-4-6-16(20-15)13-18(21)19(11-12-19)14-7-9-17(22-2)10-8-14/h4-10H,3,11-13H2,1-2H3. The van der Waals surface area contributed by atoms with E-state index in [1.165, 1.54) is 0 Å². The van der Waals surface area contributed by atoms with Crippen molar-refractivity contribution in [1.29, 1.82) is 0 Å². The first-order chi connectivity index (χ1) is 10.7. The third kappa shape index (κ3) is 2.76. The number of pyridine rings is 1. The van der Waals surface area contributed by atoms with Crippen LogP contribution in [-0.2, 0) is 23.1 Å². The molecule has 0 bridgehead atoms. The first kappa shape index (κ1) is 14.8. The smallest absolute Gasteiger partial charge is 0.149 e. The summed E-state index contributed by atoms with van der Waals surface area (Å²) in [6.07, 6.45) is 3.18. The fourth-order valence-electron chi connectivity index (χ4n) is 2.92. The summed E-state index contributed by atoms with van der Waals surface area (Å²) < 4.78 is 5.19. The lowest BCUT2D eigenvalue weighted by Gasteiger charge is -2.15. The number of benzene rings is 1. The average molecular weight is 295 g/mol. The molecule has 1 aromatic carbocycles. The number of aromatic nitrogens is 1. The van der Waals surface area contributed by atoms with Crippen molar-refractivity contribution in [2.45, 2.75) is 38.0 Å². The van der Waals surface area contributed by atoms with Crippen LogP contribution in [0.1, 0.15) is 36.7 Å². The Kier molecular flexibility index (Phi) is 3.97. The minimum Gasteiger partial charge on any atom is -0.497 e. The van der Waals surface area contributed by atoms with Crippen LogP contribution < -0.4 is 4.74 Å². The number of ketones is 1. The fraction of sp³-hybridized carbons (Fsp3) is 0.368. The Labute approximate surface area is 131 Å². The summed E-state index contributed by atoms with van der Waals surface area (Å²) in [5.74, 6) is 1.10. The summed E-state index contributed by atoms with van der Waals surface area (Å²) in [4.78, 5) is 17.3. The van der Waals surface area contributed by atoms with Crippen molar-refractivity contribution in [2.75, 3.05) is 7.11 Å². The van der Waals surface area contributed by atoms with Gasteiger partial charge in [0.05, 0.1) is 12.5 Å². The van der Waals surface area contributed by atoms with Gasteiger partial charge in [0.15, 0.2) is 0 Å². The number of carbonyl (C=O) groups excluding carboxylic acids is 1. The predicted octanol–water partition coefficient (Wildman–Crippen LogP) is 3.50. The second-order valence-corrected chi connectivity index (χ2v) is 5.88. The Hall–Kier alpha value is -2.16. The number of nitrogens with zero attached hydrogens (tertiary/aromatic N) is 1. The van der Waals surface area contributed by atoms with Gasteiger partial charge >= 0.3 is 0 Å². The van der Waals surface area contributed by atoms with E-state index >= 15 is 0 Å². The lowest BCUT2D eigenvalue weighted by Crippen LogP contribution is -2.23. The summed E-state index contributed by atoms with van der Waals surface area (Å²) in [5, 5.41) is 0. The summed E-state index contributed by atoms with van der Waals surface area (Å²) in [7, 11) is 1.65. The van der Waals surface area contributed by atoms with Gasteiger partial charge in [-0.2, -0.15) is 0 Å². The first-order valence-electron chi connectivity index (χ1n) is 7.80. The molecular formula is C19H21NO2. The molecule has 22 heavy (non-hydrogen) atoms. The SMILES string of the molecule is CCc1cccc(CC(=O)C2(c3ccc(OC)cc3)CC2)n1. The maximum Gasteiger partial charge on any atom is 0.149 e. The maximum absolute atomic E-state index is 12.8. The molecule has 1 heterocycles. The van der Waals surface area contributed by atoms with Crippen LogP contribution >= 0.6 is 0 Å². The monoisotopic (exact) mass is 295 g/mol. The van der Waals surface area contributed by atoms with Crippen LogP contribution in [0.15, 0.2) is 42.5 Å². The van der Waals surface area contributed by atoms with Crippen molar-refractivity contribution in [1.82, 2.24) is 4.98 Å². The number of carbonyl (C=O) groups is 1. The fourth-order valence-corrected chi connectivity index (χ4v) is 2.92. The van der Waals surface area contributed by atoms with Gasteiger partial charge in [0.2, 0.25) is 0 Å². The van der Waals surface area contributed by atoms with E-state index < -0.39 is 0 Å². The first-order valence-corrected chi connectivity index (χ1v) is 7.80. The number of hydrogen-bond donors (Lipinski definition) is 0. The van der Waals surface area contributed by atoms with E-state index in [9.17, 15) is 4.79 Å². The van der Waals surface area contributed by atoms with Crippen LogP contribution in [0.2, 0.25) is 0 Å². The van der Waals surface area contributed by atoms with Gasteiger partial charge in [0.1, 0.15) is 11.5 Å². The zero-order valence-corrected chi connectivity index (χ0v) is 13.1. The number of aryl methyl sites for hydroxylation is 1. The van der Waals surface area contributed by atoms with Crippen molar-refractivity contribution >= 4 is 5.78 Å². The molecule has 114 valence electrons. The normalized spacial score (nSPS) is 15.4. The number of methoxy groups -OCH3 is 1. The Bertz CT molecular complexity index is 672. The number of ether oxygens (including phenoxy) is 1. The van der Waals surface area contributed by atoms with Gasteiger partial charge in [-0.1, -0.05) is 25.1 Å². The van der Waals surface area contributed by atoms with Gasteiger partial charge in [-0.05, 0) is 49.1 Å². The van der Waals surface area contributed by atoms with Gasteiger partial charge in [0.25, 0.3) is 0 Å². The molecular weight excluding hydrogens is 274 g/mol. The van der Waals surface area contributed by atoms with E-state index in [4.69, 9.17) is 4.74 Å². The van der Waals surface area contributed by atoms with Crippen molar-refractivity contribution < 1.29 is 9.53 Å². The molecule has 1 saturated carbocycles. The van der Waals surface area contributed by atoms with Gasteiger partial charge in [-0.15, -0.1) is 0 Å². The highest BCUT2D eigenvalue weighted by Gasteiger charge is 2.50. The van der Waals surface area contributed by atoms with Crippen molar-refractivity contribution in [3.8, 4) is 5.75 Å². The zero-order valence-electron chi connectivity index (χ0n) is 13.1. The zero-order chi connectivity index (χ0) is 15.6. The van der Waals surface area contributed by atoms with Crippen LogP contribution in [0.3, 0.4) is 0 Å². The molecule has 0 unspecified atom stereocenters. The summed E-state index contributed by atoms with van der Waals surface area (Å²) in [6.45, 7) is 2.08. The molecule has 0 aliphatic heterocycles. The highest BCUT2D eigenvalue weighted by atomic mass is 16.5. The Morgan fingerprint density at radius 3 is 2.41 bits per heavy atom. The number of rotatable bonds is 6. The van der Waals surface area contributed by atoms with E-state index in [1.54, 1.807) is 7.11 Å². The van der Waals surface area contributed by atoms with Gasteiger partial charge in [-0.25, -0.2) is 0 Å². The topological polar surface area (TPSA) is 39.2 Å². The van der Waals surface area contributed by atoms with Gasteiger partial charge < -0.3 is 4.74 Å². The van der Waals surface area contributed by atoms with E-state index in [0.717, 1.165) is 42.0 Å². The van der Waals surface area contributed by atoms with Gasteiger partial charge in [0, 0.05) is 17.8 Å². The second-order valence-electron chi connectivity index (χ2n) is 5.88. The molecule has 2 aromatic rings. The third-order valence-electron chi connectivity index (χ3n) is 4.49. The molecule has 1 fully saturated rings. The Balaban J connectivity index is 1.78. The molecule has 0 radical (unpaired) electrons. The lowest BCUT2D eigenvalue weighted by molar-refractivity contribution is -0.120. The summed E-state index contributed by atoms with van der Waals surface area (Å²) in [6, 6.07) is 13.8. The molecule has 0 atom stereocenters. The van der Waals surface area contributed by atoms with Crippen LogP contribution in [0.4, 0.5) is 0 Å². The number of hydrogen-bond acceptors (Lipinski definition) is 3. The second kappa shape index (κ2) is 5.91. The molecule has 3 rings (SSSR count). The van der Waals surface area contributed by atoms with Crippen LogP contribution in [0.5, 0.6) is 5.75 Å². The lowest BCUT2D eigenvalue weighted by atomic mass is 9.89. The summed E-state index contributed by atoms with van der Waals surface area (Å²) in [5.41, 5.74) is 2.73. The quantitative estimate of drug-likeness (QED) is 0.819. The van der Waals surface area contributed by atoms with E-state index in [1.807, 2.05) is 42.5 Å². The summed E-state index contributed by atoms with van der Waals surface area (Å²) >= 11 is 0. The molecule has 3 heteroatoms. The van der Waals surface area contributed by atoms with Crippen molar-refractivity contribution in [3.05, 3.63) is 59.4 Å². The van der Waals surface area contributed by atoms with Crippen LogP contribution in [0, 0.1) is 0 Å². The minimum atomic E-state index is -0.295. The third-order valence-corrected chi connectivity index (χ3v) is 4.49. The molecule has 1 aliphatic carbocycles. The maximum atomic E-state index is 12.8. The Morgan fingerprint density at radius 1 is 1.14 bits per heavy atom.